The molecule has 1 atom stereocenters. The van der Waals surface area contributed by atoms with E-state index >= 15 is 0 Å². The van der Waals surface area contributed by atoms with Crippen molar-refractivity contribution in [3.63, 3.8) is 0 Å². The van der Waals surface area contributed by atoms with E-state index in [1.807, 2.05) is 12.1 Å². The number of amides is 1. The molecule has 0 radical (unpaired) electrons. The Hall–Kier alpha value is -1.21. The van der Waals surface area contributed by atoms with E-state index in [2.05, 4.69) is 4.90 Å². The minimum absolute atomic E-state index is 0. The van der Waals surface area contributed by atoms with Gasteiger partial charge in [-0.25, -0.2) is 0 Å². The van der Waals surface area contributed by atoms with Gasteiger partial charge in [0, 0.05) is 13.1 Å². The van der Waals surface area contributed by atoms with Crippen molar-refractivity contribution in [1.82, 2.24) is 4.90 Å². The summed E-state index contributed by atoms with van der Waals surface area (Å²) in [5.41, 5.74) is 11.9. The Labute approximate surface area is 153 Å². The summed E-state index contributed by atoms with van der Waals surface area (Å²) >= 11 is 6.27. The monoisotopic (exact) mass is 377 g/mol. The van der Waals surface area contributed by atoms with Gasteiger partial charge in [0.2, 0.25) is 0 Å². The van der Waals surface area contributed by atoms with E-state index in [0.717, 1.165) is 38.2 Å². The first-order chi connectivity index (χ1) is 11.0. The number of benzene rings is 1. The molecule has 1 aliphatic rings. The highest BCUT2D eigenvalue weighted by molar-refractivity contribution is 6.32. The number of likely N-dealkylation sites (tertiary alicyclic amines) is 1. The van der Waals surface area contributed by atoms with Crippen LogP contribution in [0.1, 0.15) is 18.4 Å². The van der Waals surface area contributed by atoms with Gasteiger partial charge in [0.05, 0.1) is 12.1 Å². The van der Waals surface area contributed by atoms with Gasteiger partial charge >= 0.3 is 0 Å². The number of ether oxygens (including phenoxy) is 2. The average Bonchev–Trinajstić information content (AvgIpc) is 2.53. The number of nitrogens with two attached hydrogens (primary N) is 2. The van der Waals surface area contributed by atoms with E-state index in [1.165, 1.54) is 13.5 Å². The summed E-state index contributed by atoms with van der Waals surface area (Å²) in [7, 11) is 1.54. The molecule has 1 fully saturated rings. The van der Waals surface area contributed by atoms with Crippen LogP contribution >= 0.6 is 24.0 Å². The van der Waals surface area contributed by atoms with Crippen molar-refractivity contribution < 1.29 is 14.3 Å². The fraction of sp³-hybridized carbons (Fsp3) is 0.562. The molecule has 0 saturated carbocycles. The van der Waals surface area contributed by atoms with Gasteiger partial charge in [-0.15, -0.1) is 12.4 Å². The van der Waals surface area contributed by atoms with Crippen LogP contribution in [0, 0.1) is 5.92 Å². The van der Waals surface area contributed by atoms with Crippen molar-refractivity contribution in [3.05, 3.63) is 22.7 Å². The van der Waals surface area contributed by atoms with E-state index in [9.17, 15) is 4.79 Å². The summed E-state index contributed by atoms with van der Waals surface area (Å²) in [4.78, 5) is 13.2. The van der Waals surface area contributed by atoms with Crippen LogP contribution in [0.2, 0.25) is 5.02 Å². The number of halogens is 2. The first-order valence-corrected chi connectivity index (χ1v) is 8.11. The van der Waals surface area contributed by atoms with Crippen LogP contribution in [-0.4, -0.2) is 44.2 Å². The van der Waals surface area contributed by atoms with Crippen molar-refractivity contribution in [2.75, 3.05) is 33.4 Å². The van der Waals surface area contributed by atoms with Crippen molar-refractivity contribution in [2.45, 2.75) is 19.4 Å². The van der Waals surface area contributed by atoms with Crippen molar-refractivity contribution in [2.24, 2.45) is 17.4 Å². The Bertz CT molecular complexity index is 558. The Morgan fingerprint density at radius 1 is 1.46 bits per heavy atom. The van der Waals surface area contributed by atoms with Crippen molar-refractivity contribution in [1.29, 1.82) is 0 Å². The highest BCUT2D eigenvalue weighted by Gasteiger charge is 2.20. The number of piperidine rings is 1. The number of nitrogens with zero attached hydrogens (tertiary/aromatic N) is 1. The maximum absolute atomic E-state index is 10.9. The third kappa shape index (κ3) is 5.70. The van der Waals surface area contributed by atoms with Gasteiger partial charge in [-0.05, 0) is 49.5 Å². The molecular formula is C16H25Cl2N3O3. The predicted octanol–water partition coefficient (Wildman–Crippen LogP) is 1.81. The maximum Gasteiger partial charge on any atom is 0.255 e. The molecule has 24 heavy (non-hydrogen) atoms. The summed E-state index contributed by atoms with van der Waals surface area (Å²) in [6.45, 7) is 3.32. The van der Waals surface area contributed by atoms with Gasteiger partial charge in [-0.3, -0.25) is 9.69 Å². The van der Waals surface area contributed by atoms with Crippen LogP contribution < -0.4 is 20.9 Å². The molecule has 1 aromatic rings. The number of rotatable bonds is 7. The number of carbonyl (C=O) groups is 1. The van der Waals surface area contributed by atoms with E-state index in [-0.39, 0.29) is 19.0 Å². The second-order valence-electron chi connectivity index (χ2n) is 5.84. The van der Waals surface area contributed by atoms with E-state index in [0.29, 0.717) is 22.4 Å². The molecule has 6 nitrogen and oxygen atoms in total. The van der Waals surface area contributed by atoms with Crippen molar-refractivity contribution >= 4 is 29.9 Å². The molecule has 2 rings (SSSR count). The summed E-state index contributed by atoms with van der Waals surface area (Å²) in [5.74, 6) is 0.837. The van der Waals surface area contributed by atoms with Gasteiger partial charge in [-0.1, -0.05) is 11.6 Å². The van der Waals surface area contributed by atoms with Crippen LogP contribution in [0.15, 0.2) is 12.1 Å². The number of hydrogen-bond donors (Lipinski definition) is 2. The molecule has 0 aliphatic carbocycles. The SMILES string of the molecule is COc1cc(CN2CCCC(CN)C2)cc(Cl)c1OCC(N)=O.Cl. The zero-order valence-corrected chi connectivity index (χ0v) is 15.4. The first kappa shape index (κ1) is 20.8. The molecule has 1 aliphatic heterocycles. The van der Waals surface area contributed by atoms with Crippen LogP contribution in [0.25, 0.3) is 0 Å². The Morgan fingerprint density at radius 3 is 2.83 bits per heavy atom. The quantitative estimate of drug-likeness (QED) is 0.755. The van der Waals surface area contributed by atoms with Gasteiger partial charge < -0.3 is 20.9 Å². The van der Waals surface area contributed by atoms with Crippen LogP contribution in [0.4, 0.5) is 0 Å². The lowest BCUT2D eigenvalue weighted by Crippen LogP contribution is -2.37. The maximum atomic E-state index is 10.9. The van der Waals surface area contributed by atoms with E-state index < -0.39 is 5.91 Å². The van der Waals surface area contributed by atoms with Crippen LogP contribution in [0.5, 0.6) is 11.5 Å². The third-order valence-corrected chi connectivity index (χ3v) is 4.27. The smallest absolute Gasteiger partial charge is 0.255 e. The van der Waals surface area contributed by atoms with Gasteiger partial charge in [0.1, 0.15) is 0 Å². The second-order valence-corrected chi connectivity index (χ2v) is 6.25. The summed E-state index contributed by atoms with van der Waals surface area (Å²) in [5, 5.41) is 0.410. The largest absolute Gasteiger partial charge is 0.493 e. The Morgan fingerprint density at radius 2 is 2.21 bits per heavy atom. The first-order valence-electron chi connectivity index (χ1n) is 7.73. The lowest BCUT2D eigenvalue weighted by Gasteiger charge is -2.32. The summed E-state index contributed by atoms with van der Waals surface area (Å²) in [6, 6.07) is 3.72. The molecule has 1 amide bonds. The average molecular weight is 378 g/mol. The van der Waals surface area contributed by atoms with Gasteiger partial charge in [-0.2, -0.15) is 0 Å². The number of primary amides is 1. The molecule has 8 heteroatoms. The topological polar surface area (TPSA) is 90.8 Å². The number of methoxy groups -OCH3 is 1. The minimum atomic E-state index is -0.562. The predicted molar refractivity (Wildman–Crippen MR) is 97.0 cm³/mol. The zero-order valence-electron chi connectivity index (χ0n) is 13.8. The van der Waals surface area contributed by atoms with E-state index in [4.69, 9.17) is 32.5 Å². The molecule has 0 bridgehead atoms. The number of hydrogen-bond acceptors (Lipinski definition) is 5. The normalized spacial score (nSPS) is 17.9. The Balaban J connectivity index is 0.00000288. The molecule has 0 spiro atoms. The van der Waals surface area contributed by atoms with Gasteiger partial charge in [0.15, 0.2) is 18.1 Å². The molecule has 1 heterocycles. The molecule has 4 N–H and O–H groups in total. The molecule has 1 aromatic carbocycles. The van der Waals surface area contributed by atoms with Gasteiger partial charge in [0.25, 0.3) is 5.91 Å². The van der Waals surface area contributed by atoms with Crippen molar-refractivity contribution in [3.8, 4) is 11.5 Å². The Kier molecular flexibility index (Phi) is 8.62. The summed E-state index contributed by atoms with van der Waals surface area (Å²) < 4.78 is 10.7. The minimum Gasteiger partial charge on any atom is -0.493 e. The van der Waals surface area contributed by atoms with Crippen LogP contribution in [-0.2, 0) is 11.3 Å². The molecule has 136 valence electrons. The summed E-state index contributed by atoms with van der Waals surface area (Å²) in [6.07, 6.45) is 2.35. The standard InChI is InChI=1S/C16H24ClN3O3.ClH/c1-22-14-6-12(5-13(17)16(14)23-10-15(19)21)9-20-4-2-3-11(7-18)8-20;/h5-6,11H,2-4,7-10,18H2,1H3,(H2,19,21);1H. The lowest BCUT2D eigenvalue weighted by molar-refractivity contribution is -0.119. The molecular weight excluding hydrogens is 353 g/mol. The second kappa shape index (κ2) is 9.93. The highest BCUT2D eigenvalue weighted by Crippen LogP contribution is 2.37. The molecule has 0 aromatic heterocycles. The van der Waals surface area contributed by atoms with E-state index in [1.54, 1.807) is 0 Å². The number of carbonyl (C=O) groups excluding carboxylic acids is 1. The molecule has 1 saturated heterocycles. The van der Waals surface area contributed by atoms with Crippen LogP contribution in [0.3, 0.4) is 0 Å². The molecule has 1 unspecified atom stereocenters. The zero-order chi connectivity index (χ0) is 16.8. The third-order valence-electron chi connectivity index (χ3n) is 3.99. The lowest BCUT2D eigenvalue weighted by atomic mass is 9.98. The fourth-order valence-corrected chi connectivity index (χ4v) is 3.18. The fourth-order valence-electron chi connectivity index (χ4n) is 2.89. The highest BCUT2D eigenvalue weighted by atomic mass is 35.5.